The Balaban J connectivity index is 1.89. The van der Waals surface area contributed by atoms with E-state index in [1.807, 2.05) is 48.5 Å². The number of aromatic nitrogens is 1. The fourth-order valence-corrected chi connectivity index (χ4v) is 2.23. The molecule has 0 bridgehead atoms. The summed E-state index contributed by atoms with van der Waals surface area (Å²) in [5.41, 5.74) is 7.70. The normalized spacial score (nSPS) is 10.0. The summed E-state index contributed by atoms with van der Waals surface area (Å²) in [6.07, 6.45) is 2.42. The smallest absolute Gasteiger partial charge is 0.194 e. The van der Waals surface area contributed by atoms with E-state index >= 15 is 0 Å². The second-order valence-corrected chi connectivity index (χ2v) is 5.14. The number of pyridine rings is 1. The molecule has 0 aliphatic heterocycles. The number of nitrogens with one attached hydrogen (secondary N) is 2. The topological polar surface area (TPSA) is 78.0 Å². The Bertz CT molecular complexity index is 615. The molecular formula is C16H19N5S. The summed E-state index contributed by atoms with van der Waals surface area (Å²) < 4.78 is 0. The molecule has 0 radical (unpaired) electrons. The zero-order chi connectivity index (χ0) is 15.8. The molecule has 6 heteroatoms. The average molecular weight is 313 g/mol. The number of benzene rings is 1. The SMILES string of the molecule is N=C(N)N(CCc1ccccn1)C(=S)NCc1ccccc1. The van der Waals surface area contributed by atoms with Gasteiger partial charge in [0.2, 0.25) is 0 Å². The lowest BCUT2D eigenvalue weighted by Crippen LogP contribution is -2.47. The highest BCUT2D eigenvalue weighted by Crippen LogP contribution is 2.01. The molecule has 0 atom stereocenters. The molecule has 1 aromatic carbocycles. The summed E-state index contributed by atoms with van der Waals surface area (Å²) in [6.45, 7) is 1.13. The highest BCUT2D eigenvalue weighted by atomic mass is 32.1. The highest BCUT2D eigenvalue weighted by molar-refractivity contribution is 7.80. The Morgan fingerprint density at radius 3 is 2.55 bits per heavy atom. The van der Waals surface area contributed by atoms with Crippen molar-refractivity contribution in [2.45, 2.75) is 13.0 Å². The van der Waals surface area contributed by atoms with E-state index in [2.05, 4.69) is 10.3 Å². The molecule has 2 rings (SSSR count). The highest BCUT2D eigenvalue weighted by Gasteiger charge is 2.12. The minimum absolute atomic E-state index is 0.0681. The van der Waals surface area contributed by atoms with E-state index in [1.54, 1.807) is 11.1 Å². The van der Waals surface area contributed by atoms with Gasteiger partial charge in [-0.1, -0.05) is 36.4 Å². The van der Waals surface area contributed by atoms with Crippen LogP contribution in [0.4, 0.5) is 0 Å². The van der Waals surface area contributed by atoms with Gasteiger partial charge >= 0.3 is 0 Å². The molecule has 22 heavy (non-hydrogen) atoms. The Morgan fingerprint density at radius 2 is 1.91 bits per heavy atom. The second-order valence-electron chi connectivity index (χ2n) is 4.75. The van der Waals surface area contributed by atoms with Crippen LogP contribution in [0.25, 0.3) is 0 Å². The monoisotopic (exact) mass is 313 g/mol. The first-order valence-electron chi connectivity index (χ1n) is 7.00. The molecule has 0 fully saturated rings. The first-order valence-corrected chi connectivity index (χ1v) is 7.41. The Labute approximate surface area is 135 Å². The third-order valence-corrected chi connectivity index (χ3v) is 3.50. The van der Waals surface area contributed by atoms with Crippen LogP contribution in [0.5, 0.6) is 0 Å². The first-order chi connectivity index (χ1) is 10.7. The summed E-state index contributed by atoms with van der Waals surface area (Å²) in [6, 6.07) is 15.7. The van der Waals surface area contributed by atoms with Crippen LogP contribution in [0.2, 0.25) is 0 Å². The van der Waals surface area contributed by atoms with Crippen molar-refractivity contribution in [2.75, 3.05) is 6.54 Å². The van der Waals surface area contributed by atoms with Crippen molar-refractivity contribution in [3.8, 4) is 0 Å². The van der Waals surface area contributed by atoms with Gasteiger partial charge in [0.05, 0.1) is 0 Å². The maximum atomic E-state index is 7.69. The molecule has 114 valence electrons. The van der Waals surface area contributed by atoms with E-state index < -0.39 is 0 Å². The predicted octanol–water partition coefficient (Wildman–Crippen LogP) is 1.89. The standard InChI is InChI=1S/C16H19N5S/c17-15(18)21(11-9-14-8-4-5-10-19-14)16(22)20-12-13-6-2-1-3-7-13/h1-8,10H,9,11-12H2,(H3,17,18)(H,20,22). The quantitative estimate of drug-likeness (QED) is 0.446. The lowest BCUT2D eigenvalue weighted by atomic mass is 10.2. The third-order valence-electron chi connectivity index (χ3n) is 3.14. The lowest BCUT2D eigenvalue weighted by Gasteiger charge is -2.23. The van der Waals surface area contributed by atoms with Gasteiger partial charge in [0.25, 0.3) is 0 Å². The van der Waals surface area contributed by atoms with E-state index in [0.29, 0.717) is 24.6 Å². The fraction of sp³-hybridized carbons (Fsp3) is 0.188. The number of thiocarbonyl (C=S) groups is 1. The molecule has 0 saturated carbocycles. The Hall–Kier alpha value is -2.47. The largest absolute Gasteiger partial charge is 0.370 e. The number of hydrogen-bond acceptors (Lipinski definition) is 3. The number of nitrogens with two attached hydrogens (primary N) is 1. The zero-order valence-corrected chi connectivity index (χ0v) is 13.0. The van der Waals surface area contributed by atoms with Crippen LogP contribution < -0.4 is 11.1 Å². The van der Waals surface area contributed by atoms with Crippen LogP contribution >= 0.6 is 12.2 Å². The van der Waals surface area contributed by atoms with Gasteiger partial charge < -0.3 is 11.1 Å². The van der Waals surface area contributed by atoms with Crippen molar-refractivity contribution >= 4 is 23.3 Å². The van der Waals surface area contributed by atoms with Gasteiger partial charge in [-0.2, -0.15) is 0 Å². The van der Waals surface area contributed by atoms with Crippen molar-refractivity contribution in [1.82, 2.24) is 15.2 Å². The summed E-state index contributed by atoms with van der Waals surface area (Å²) in [4.78, 5) is 5.84. The van der Waals surface area contributed by atoms with E-state index in [1.165, 1.54) is 0 Å². The van der Waals surface area contributed by atoms with Gasteiger partial charge in [-0.15, -0.1) is 0 Å². The average Bonchev–Trinajstić information content (AvgIpc) is 2.55. The van der Waals surface area contributed by atoms with Gasteiger partial charge in [-0.3, -0.25) is 15.3 Å². The number of nitrogens with zero attached hydrogens (tertiary/aromatic N) is 2. The van der Waals surface area contributed by atoms with Crippen LogP contribution in [0.15, 0.2) is 54.7 Å². The minimum Gasteiger partial charge on any atom is -0.370 e. The second kappa shape index (κ2) is 8.09. The molecule has 0 unspecified atom stereocenters. The van der Waals surface area contributed by atoms with E-state index in [-0.39, 0.29) is 5.96 Å². The molecule has 2 aromatic rings. The summed E-state index contributed by atoms with van der Waals surface area (Å²) >= 11 is 5.34. The first kappa shape index (κ1) is 15.9. The maximum absolute atomic E-state index is 7.69. The molecule has 0 aliphatic carbocycles. The summed E-state index contributed by atoms with van der Waals surface area (Å²) in [7, 11) is 0. The van der Waals surface area contributed by atoms with Gasteiger partial charge in [-0.05, 0) is 29.9 Å². The van der Waals surface area contributed by atoms with Crippen LogP contribution in [0.1, 0.15) is 11.3 Å². The summed E-state index contributed by atoms with van der Waals surface area (Å²) in [5, 5.41) is 11.3. The predicted molar refractivity (Wildman–Crippen MR) is 92.4 cm³/mol. The Kier molecular flexibility index (Phi) is 5.85. The van der Waals surface area contributed by atoms with E-state index in [4.69, 9.17) is 23.4 Å². The molecule has 5 nitrogen and oxygen atoms in total. The molecule has 0 saturated heterocycles. The number of hydrogen-bond donors (Lipinski definition) is 3. The molecule has 1 heterocycles. The molecule has 0 amide bonds. The van der Waals surface area contributed by atoms with Crippen LogP contribution in [0, 0.1) is 5.41 Å². The van der Waals surface area contributed by atoms with Crippen molar-refractivity contribution in [3.63, 3.8) is 0 Å². The van der Waals surface area contributed by atoms with Crippen molar-refractivity contribution < 1.29 is 0 Å². The maximum Gasteiger partial charge on any atom is 0.194 e. The molecule has 4 N–H and O–H groups in total. The van der Waals surface area contributed by atoms with Gasteiger partial charge in [0.1, 0.15) is 0 Å². The minimum atomic E-state index is -0.0681. The Morgan fingerprint density at radius 1 is 1.18 bits per heavy atom. The lowest BCUT2D eigenvalue weighted by molar-refractivity contribution is 0.574. The van der Waals surface area contributed by atoms with Crippen LogP contribution in [-0.2, 0) is 13.0 Å². The zero-order valence-electron chi connectivity index (χ0n) is 12.2. The number of rotatable bonds is 5. The van der Waals surface area contributed by atoms with E-state index in [9.17, 15) is 0 Å². The molecule has 0 spiro atoms. The fourth-order valence-electron chi connectivity index (χ4n) is 1.97. The van der Waals surface area contributed by atoms with Crippen molar-refractivity contribution in [1.29, 1.82) is 5.41 Å². The van der Waals surface area contributed by atoms with Gasteiger partial charge in [0, 0.05) is 31.4 Å². The molecule has 1 aromatic heterocycles. The van der Waals surface area contributed by atoms with Crippen molar-refractivity contribution in [2.24, 2.45) is 5.73 Å². The van der Waals surface area contributed by atoms with E-state index in [0.717, 1.165) is 11.3 Å². The van der Waals surface area contributed by atoms with Gasteiger partial charge in [0.15, 0.2) is 11.1 Å². The van der Waals surface area contributed by atoms with Crippen LogP contribution in [0.3, 0.4) is 0 Å². The third kappa shape index (κ3) is 4.82. The van der Waals surface area contributed by atoms with Crippen molar-refractivity contribution in [3.05, 3.63) is 66.0 Å². The molecule has 0 aliphatic rings. The van der Waals surface area contributed by atoms with Crippen LogP contribution in [-0.4, -0.2) is 27.5 Å². The molecular weight excluding hydrogens is 294 g/mol. The van der Waals surface area contributed by atoms with Gasteiger partial charge in [-0.25, -0.2) is 0 Å². The summed E-state index contributed by atoms with van der Waals surface area (Å²) in [5.74, 6) is -0.0681. The number of guanidine groups is 1.